The second-order valence-corrected chi connectivity index (χ2v) is 6.23. The number of anilines is 1. The third kappa shape index (κ3) is 3.30. The summed E-state index contributed by atoms with van der Waals surface area (Å²) in [5, 5.41) is 3.37. The van der Waals surface area contributed by atoms with Crippen molar-refractivity contribution in [2.24, 2.45) is 0 Å². The Labute approximate surface area is 123 Å². The molecule has 1 saturated heterocycles. The van der Waals surface area contributed by atoms with Gasteiger partial charge in [-0.3, -0.25) is 4.79 Å². The molecule has 1 N–H and O–H groups in total. The fraction of sp³-hybridized carbons (Fsp3) is 0.533. The lowest BCUT2D eigenvalue weighted by Crippen LogP contribution is -2.39. The molecular formula is C15H21BrN2O. The third-order valence-electron chi connectivity index (χ3n) is 3.65. The molecule has 0 radical (unpaired) electrons. The second kappa shape index (κ2) is 5.95. The van der Waals surface area contributed by atoms with Crippen LogP contribution < -0.4 is 5.32 Å². The first-order valence-electron chi connectivity index (χ1n) is 6.81. The van der Waals surface area contributed by atoms with E-state index in [0.29, 0.717) is 0 Å². The molecule has 3 nitrogen and oxygen atoms in total. The van der Waals surface area contributed by atoms with Gasteiger partial charge in [-0.15, -0.1) is 0 Å². The minimum atomic E-state index is -0.170. The Morgan fingerprint density at radius 2 is 1.79 bits per heavy atom. The van der Waals surface area contributed by atoms with Crippen LogP contribution in [0.4, 0.5) is 5.69 Å². The smallest absolute Gasteiger partial charge is 0.244 e. The highest BCUT2D eigenvalue weighted by Crippen LogP contribution is 2.26. The standard InChI is InChI=1S/C15H21BrN2O/c1-10-8-13(16)9-11(2)14(10)17-12(3)15(19)18-6-4-5-7-18/h8-9,12,17H,4-7H2,1-3H3. The summed E-state index contributed by atoms with van der Waals surface area (Å²) in [6.07, 6.45) is 2.27. The van der Waals surface area contributed by atoms with Crippen molar-refractivity contribution in [3.05, 3.63) is 27.7 Å². The molecular weight excluding hydrogens is 304 g/mol. The zero-order chi connectivity index (χ0) is 14.0. The fourth-order valence-electron chi connectivity index (χ4n) is 2.63. The second-order valence-electron chi connectivity index (χ2n) is 5.31. The highest BCUT2D eigenvalue weighted by Gasteiger charge is 2.23. The Bertz CT molecular complexity index is 458. The zero-order valence-electron chi connectivity index (χ0n) is 11.8. The normalized spacial score (nSPS) is 16.5. The van der Waals surface area contributed by atoms with Crippen molar-refractivity contribution < 1.29 is 4.79 Å². The average Bonchev–Trinajstić information content (AvgIpc) is 2.86. The molecule has 1 aromatic rings. The number of carbonyl (C=O) groups excluding carboxylic acids is 1. The molecule has 1 atom stereocenters. The molecule has 4 heteroatoms. The minimum absolute atomic E-state index is 0.170. The summed E-state index contributed by atoms with van der Waals surface area (Å²) in [5.41, 5.74) is 3.39. The summed E-state index contributed by atoms with van der Waals surface area (Å²) < 4.78 is 1.08. The van der Waals surface area contributed by atoms with E-state index in [1.165, 1.54) is 0 Å². The molecule has 1 heterocycles. The lowest BCUT2D eigenvalue weighted by atomic mass is 10.1. The maximum atomic E-state index is 12.3. The largest absolute Gasteiger partial charge is 0.373 e. The zero-order valence-corrected chi connectivity index (χ0v) is 13.4. The van der Waals surface area contributed by atoms with Crippen molar-refractivity contribution in [3.8, 4) is 0 Å². The number of likely N-dealkylation sites (tertiary alicyclic amines) is 1. The van der Waals surface area contributed by atoms with E-state index in [2.05, 4.69) is 47.2 Å². The molecule has 1 aliphatic heterocycles. The van der Waals surface area contributed by atoms with Gasteiger partial charge in [0.25, 0.3) is 0 Å². The number of aryl methyl sites for hydroxylation is 2. The molecule has 0 aromatic heterocycles. The molecule has 0 bridgehead atoms. The van der Waals surface area contributed by atoms with Crippen LogP contribution in [-0.4, -0.2) is 29.9 Å². The van der Waals surface area contributed by atoms with Gasteiger partial charge >= 0.3 is 0 Å². The molecule has 0 saturated carbocycles. The Morgan fingerprint density at radius 1 is 1.26 bits per heavy atom. The van der Waals surface area contributed by atoms with Crippen LogP contribution in [0, 0.1) is 13.8 Å². The highest BCUT2D eigenvalue weighted by molar-refractivity contribution is 9.10. The minimum Gasteiger partial charge on any atom is -0.373 e. The molecule has 2 rings (SSSR count). The van der Waals surface area contributed by atoms with Gasteiger partial charge in [0.1, 0.15) is 6.04 Å². The van der Waals surface area contributed by atoms with Gasteiger partial charge in [0.15, 0.2) is 0 Å². The topological polar surface area (TPSA) is 32.3 Å². The molecule has 19 heavy (non-hydrogen) atoms. The van der Waals surface area contributed by atoms with E-state index in [-0.39, 0.29) is 11.9 Å². The van der Waals surface area contributed by atoms with Gasteiger partial charge in [-0.05, 0) is 56.9 Å². The first-order valence-corrected chi connectivity index (χ1v) is 7.60. The van der Waals surface area contributed by atoms with E-state index in [1.54, 1.807) is 0 Å². The summed E-state index contributed by atoms with van der Waals surface area (Å²) in [5.74, 6) is 0.208. The lowest BCUT2D eigenvalue weighted by Gasteiger charge is -2.23. The maximum Gasteiger partial charge on any atom is 0.244 e. The average molecular weight is 325 g/mol. The number of carbonyl (C=O) groups is 1. The molecule has 0 spiro atoms. The Morgan fingerprint density at radius 3 is 2.32 bits per heavy atom. The summed E-state index contributed by atoms with van der Waals surface area (Å²) in [6, 6.07) is 3.97. The Balaban J connectivity index is 2.10. The van der Waals surface area contributed by atoms with Crippen LogP contribution in [0.3, 0.4) is 0 Å². The van der Waals surface area contributed by atoms with Crippen LogP contribution in [-0.2, 0) is 4.79 Å². The van der Waals surface area contributed by atoms with Gasteiger partial charge in [-0.2, -0.15) is 0 Å². The molecule has 1 unspecified atom stereocenters. The first kappa shape index (κ1) is 14.4. The van der Waals surface area contributed by atoms with E-state index < -0.39 is 0 Å². The van der Waals surface area contributed by atoms with Crippen LogP contribution in [0.2, 0.25) is 0 Å². The van der Waals surface area contributed by atoms with Gasteiger partial charge in [-0.25, -0.2) is 0 Å². The van der Waals surface area contributed by atoms with E-state index >= 15 is 0 Å². The molecule has 1 amide bonds. The van der Waals surface area contributed by atoms with Gasteiger partial charge in [0.05, 0.1) is 0 Å². The van der Waals surface area contributed by atoms with Gasteiger partial charge in [0.2, 0.25) is 5.91 Å². The predicted octanol–water partition coefficient (Wildman–Crippen LogP) is 3.49. The molecule has 1 aliphatic rings. The van der Waals surface area contributed by atoms with Crippen molar-refractivity contribution in [3.63, 3.8) is 0 Å². The summed E-state index contributed by atoms with van der Waals surface area (Å²) in [4.78, 5) is 14.3. The van der Waals surface area contributed by atoms with Gasteiger partial charge in [0, 0.05) is 23.2 Å². The van der Waals surface area contributed by atoms with Crippen LogP contribution in [0.5, 0.6) is 0 Å². The van der Waals surface area contributed by atoms with Crippen LogP contribution in [0.15, 0.2) is 16.6 Å². The van der Waals surface area contributed by atoms with Crippen molar-refractivity contribution >= 4 is 27.5 Å². The maximum absolute atomic E-state index is 12.3. The monoisotopic (exact) mass is 324 g/mol. The van der Waals surface area contributed by atoms with E-state index in [1.807, 2.05) is 11.8 Å². The lowest BCUT2D eigenvalue weighted by molar-refractivity contribution is -0.130. The molecule has 0 aliphatic carbocycles. The summed E-state index contributed by atoms with van der Waals surface area (Å²) in [6.45, 7) is 7.88. The highest BCUT2D eigenvalue weighted by atomic mass is 79.9. The van der Waals surface area contributed by atoms with Crippen molar-refractivity contribution in [2.75, 3.05) is 18.4 Å². The quantitative estimate of drug-likeness (QED) is 0.923. The fourth-order valence-corrected chi connectivity index (χ4v) is 3.31. The number of nitrogens with one attached hydrogen (secondary N) is 1. The SMILES string of the molecule is Cc1cc(Br)cc(C)c1NC(C)C(=O)N1CCCC1. The summed E-state index contributed by atoms with van der Waals surface area (Å²) in [7, 11) is 0. The van der Waals surface area contributed by atoms with Gasteiger partial charge in [-0.1, -0.05) is 15.9 Å². The number of nitrogens with zero attached hydrogens (tertiary/aromatic N) is 1. The van der Waals surface area contributed by atoms with Crippen molar-refractivity contribution in [1.82, 2.24) is 4.90 Å². The van der Waals surface area contributed by atoms with E-state index in [4.69, 9.17) is 0 Å². The van der Waals surface area contributed by atoms with E-state index in [9.17, 15) is 4.79 Å². The predicted molar refractivity (Wildman–Crippen MR) is 82.5 cm³/mol. The van der Waals surface area contributed by atoms with Gasteiger partial charge < -0.3 is 10.2 Å². The van der Waals surface area contributed by atoms with Crippen molar-refractivity contribution in [2.45, 2.75) is 39.7 Å². The van der Waals surface area contributed by atoms with Crippen LogP contribution >= 0.6 is 15.9 Å². The number of rotatable bonds is 3. The summed E-state index contributed by atoms with van der Waals surface area (Å²) >= 11 is 3.49. The first-order chi connectivity index (χ1) is 8.99. The number of benzene rings is 1. The molecule has 1 fully saturated rings. The molecule has 104 valence electrons. The Hall–Kier alpha value is -1.03. The number of hydrogen-bond donors (Lipinski definition) is 1. The number of hydrogen-bond acceptors (Lipinski definition) is 2. The van der Waals surface area contributed by atoms with Crippen LogP contribution in [0.1, 0.15) is 30.9 Å². The third-order valence-corrected chi connectivity index (χ3v) is 4.10. The van der Waals surface area contributed by atoms with Crippen molar-refractivity contribution in [1.29, 1.82) is 0 Å². The van der Waals surface area contributed by atoms with E-state index in [0.717, 1.165) is 47.2 Å². The molecule has 1 aromatic carbocycles. The number of halogens is 1. The number of amides is 1. The Kier molecular flexibility index (Phi) is 4.50. The van der Waals surface area contributed by atoms with Crippen LogP contribution in [0.25, 0.3) is 0 Å².